The zero-order valence-electron chi connectivity index (χ0n) is 11.2. The average Bonchev–Trinajstić information content (AvgIpc) is 2.40. The highest BCUT2D eigenvalue weighted by Gasteiger charge is 2.27. The third kappa shape index (κ3) is 3.66. The largest absolute Gasteiger partial charge is 0.379 e. The van der Waals surface area contributed by atoms with Crippen molar-refractivity contribution in [2.24, 2.45) is 5.92 Å². The van der Waals surface area contributed by atoms with Crippen molar-refractivity contribution in [3.8, 4) is 0 Å². The van der Waals surface area contributed by atoms with Gasteiger partial charge in [0.05, 0.1) is 19.0 Å². The first-order valence-corrected chi connectivity index (χ1v) is 8.50. The molecule has 0 aromatic carbocycles. The van der Waals surface area contributed by atoms with E-state index < -0.39 is 10.0 Å². The molecule has 0 amide bonds. The minimum absolute atomic E-state index is 0.223. The molecule has 2 heterocycles. The Morgan fingerprint density at radius 3 is 2.28 bits per heavy atom. The van der Waals surface area contributed by atoms with Gasteiger partial charge in [-0.1, -0.05) is 0 Å². The summed E-state index contributed by atoms with van der Waals surface area (Å²) in [5, 5.41) is 0. The van der Waals surface area contributed by atoms with Crippen LogP contribution in [0.5, 0.6) is 0 Å². The van der Waals surface area contributed by atoms with Crippen LogP contribution in [-0.4, -0.2) is 69.3 Å². The minimum Gasteiger partial charge on any atom is -0.379 e. The minimum atomic E-state index is -2.98. The SMILES string of the molecule is CCS(=O)(=O)N1CCC(CN2CCOCC2)CC1. The number of nitrogens with zero attached hydrogens (tertiary/aromatic N) is 2. The maximum Gasteiger partial charge on any atom is 0.213 e. The van der Waals surface area contributed by atoms with Crippen LogP contribution in [0.1, 0.15) is 19.8 Å². The Kier molecular flexibility index (Phi) is 5.00. The van der Waals surface area contributed by atoms with Gasteiger partial charge in [0.25, 0.3) is 0 Å². The lowest BCUT2D eigenvalue weighted by atomic mass is 9.97. The second-order valence-corrected chi connectivity index (χ2v) is 7.41. The first-order valence-electron chi connectivity index (χ1n) is 6.89. The van der Waals surface area contributed by atoms with E-state index in [0.717, 1.165) is 45.7 Å². The Hall–Kier alpha value is -0.170. The van der Waals surface area contributed by atoms with E-state index in [-0.39, 0.29) is 5.75 Å². The maximum absolute atomic E-state index is 11.8. The summed E-state index contributed by atoms with van der Waals surface area (Å²) in [6.07, 6.45) is 1.99. The fraction of sp³-hybridized carbons (Fsp3) is 1.00. The van der Waals surface area contributed by atoms with Gasteiger partial charge >= 0.3 is 0 Å². The summed E-state index contributed by atoms with van der Waals surface area (Å²) in [5.41, 5.74) is 0. The fourth-order valence-corrected chi connectivity index (χ4v) is 3.83. The normalized spacial score (nSPS) is 25.4. The van der Waals surface area contributed by atoms with Crippen molar-refractivity contribution in [2.75, 3.05) is 51.7 Å². The molecule has 0 aromatic rings. The lowest BCUT2D eigenvalue weighted by Gasteiger charge is -2.35. The third-order valence-corrected chi connectivity index (χ3v) is 5.83. The Morgan fingerprint density at radius 2 is 1.72 bits per heavy atom. The molecule has 2 fully saturated rings. The van der Waals surface area contributed by atoms with Gasteiger partial charge in [-0.2, -0.15) is 0 Å². The summed E-state index contributed by atoms with van der Waals surface area (Å²) in [5.74, 6) is 0.868. The van der Waals surface area contributed by atoms with Crippen LogP contribution in [-0.2, 0) is 14.8 Å². The highest BCUT2D eigenvalue weighted by atomic mass is 32.2. The molecule has 2 rings (SSSR count). The van der Waals surface area contributed by atoms with Crippen LogP contribution >= 0.6 is 0 Å². The highest BCUT2D eigenvalue weighted by molar-refractivity contribution is 7.89. The van der Waals surface area contributed by atoms with Crippen molar-refractivity contribution in [1.82, 2.24) is 9.21 Å². The number of piperidine rings is 1. The summed E-state index contributed by atoms with van der Waals surface area (Å²) in [6.45, 7) is 7.93. The Morgan fingerprint density at radius 1 is 1.11 bits per heavy atom. The molecular weight excluding hydrogens is 252 g/mol. The first kappa shape index (κ1) is 14.2. The molecule has 0 saturated carbocycles. The van der Waals surface area contributed by atoms with Crippen LogP contribution in [0.25, 0.3) is 0 Å². The van der Waals surface area contributed by atoms with Crippen molar-refractivity contribution in [2.45, 2.75) is 19.8 Å². The fourth-order valence-electron chi connectivity index (χ4n) is 2.70. The van der Waals surface area contributed by atoms with E-state index >= 15 is 0 Å². The van der Waals surface area contributed by atoms with E-state index in [1.165, 1.54) is 0 Å². The molecule has 0 N–H and O–H groups in total. The predicted molar refractivity (Wildman–Crippen MR) is 71.0 cm³/mol. The molecular formula is C12H24N2O3S. The van der Waals surface area contributed by atoms with Crippen LogP contribution in [0.15, 0.2) is 0 Å². The molecule has 18 heavy (non-hydrogen) atoms. The van der Waals surface area contributed by atoms with Crippen LogP contribution < -0.4 is 0 Å². The summed E-state index contributed by atoms with van der Waals surface area (Å²) < 4.78 is 30.5. The van der Waals surface area contributed by atoms with Gasteiger partial charge in [0, 0.05) is 32.7 Å². The van der Waals surface area contributed by atoms with Gasteiger partial charge in [0.1, 0.15) is 0 Å². The van der Waals surface area contributed by atoms with Crippen molar-refractivity contribution in [1.29, 1.82) is 0 Å². The zero-order valence-corrected chi connectivity index (χ0v) is 12.0. The van der Waals surface area contributed by atoms with Gasteiger partial charge in [-0.25, -0.2) is 12.7 Å². The number of sulfonamides is 1. The summed E-state index contributed by atoms with van der Waals surface area (Å²) >= 11 is 0. The van der Waals surface area contributed by atoms with Crippen molar-refractivity contribution >= 4 is 10.0 Å². The lowest BCUT2D eigenvalue weighted by molar-refractivity contribution is 0.0269. The van der Waals surface area contributed by atoms with Gasteiger partial charge < -0.3 is 4.74 Å². The number of hydrogen-bond donors (Lipinski definition) is 0. The molecule has 0 radical (unpaired) electrons. The Balaban J connectivity index is 1.76. The quantitative estimate of drug-likeness (QED) is 0.745. The van der Waals surface area contributed by atoms with Gasteiger partial charge in [-0.05, 0) is 25.7 Å². The summed E-state index contributed by atoms with van der Waals surface area (Å²) in [6, 6.07) is 0. The number of morpholine rings is 1. The second-order valence-electron chi connectivity index (χ2n) is 5.16. The molecule has 0 atom stereocenters. The van der Waals surface area contributed by atoms with Gasteiger partial charge in [0.2, 0.25) is 10.0 Å². The monoisotopic (exact) mass is 276 g/mol. The second kappa shape index (κ2) is 6.32. The van der Waals surface area contributed by atoms with Gasteiger partial charge in [-0.3, -0.25) is 4.90 Å². The van der Waals surface area contributed by atoms with Crippen LogP contribution in [0.3, 0.4) is 0 Å². The van der Waals surface area contributed by atoms with Crippen LogP contribution in [0.2, 0.25) is 0 Å². The molecule has 0 aromatic heterocycles. The van der Waals surface area contributed by atoms with Crippen molar-refractivity contribution in [3.63, 3.8) is 0 Å². The average molecular weight is 276 g/mol. The number of rotatable bonds is 4. The first-order chi connectivity index (χ1) is 8.62. The third-order valence-electron chi connectivity index (χ3n) is 3.95. The molecule has 2 aliphatic heterocycles. The molecule has 0 spiro atoms. The molecule has 0 unspecified atom stereocenters. The van der Waals surface area contributed by atoms with Crippen LogP contribution in [0, 0.1) is 5.92 Å². The summed E-state index contributed by atoms with van der Waals surface area (Å²) in [4.78, 5) is 2.44. The standard InChI is InChI=1S/C12H24N2O3S/c1-2-18(15,16)14-5-3-12(4-6-14)11-13-7-9-17-10-8-13/h12H,2-11H2,1H3. The van der Waals surface area contributed by atoms with E-state index in [2.05, 4.69) is 4.90 Å². The summed E-state index contributed by atoms with van der Waals surface area (Å²) in [7, 11) is -2.98. The van der Waals surface area contributed by atoms with Crippen molar-refractivity contribution < 1.29 is 13.2 Å². The van der Waals surface area contributed by atoms with Gasteiger partial charge in [-0.15, -0.1) is 0 Å². The highest BCUT2D eigenvalue weighted by Crippen LogP contribution is 2.21. The Labute approximate surface area is 110 Å². The number of hydrogen-bond acceptors (Lipinski definition) is 4. The van der Waals surface area contributed by atoms with Crippen LogP contribution in [0.4, 0.5) is 0 Å². The molecule has 106 valence electrons. The topological polar surface area (TPSA) is 49.9 Å². The molecule has 2 saturated heterocycles. The lowest BCUT2D eigenvalue weighted by Crippen LogP contribution is -2.44. The Bertz CT molecular complexity index is 344. The molecule has 0 bridgehead atoms. The molecule has 6 heteroatoms. The predicted octanol–water partition coefficient (Wildman–Crippen LogP) is 0.380. The number of ether oxygens (including phenoxy) is 1. The van der Waals surface area contributed by atoms with E-state index in [1.807, 2.05) is 0 Å². The smallest absolute Gasteiger partial charge is 0.213 e. The van der Waals surface area contributed by atoms with E-state index in [4.69, 9.17) is 4.74 Å². The van der Waals surface area contributed by atoms with E-state index in [1.54, 1.807) is 11.2 Å². The van der Waals surface area contributed by atoms with E-state index in [0.29, 0.717) is 19.0 Å². The molecule has 2 aliphatic rings. The molecule has 5 nitrogen and oxygen atoms in total. The zero-order chi connectivity index (χ0) is 13.0. The van der Waals surface area contributed by atoms with Crippen molar-refractivity contribution in [3.05, 3.63) is 0 Å². The molecule has 0 aliphatic carbocycles. The maximum atomic E-state index is 11.8. The van der Waals surface area contributed by atoms with E-state index in [9.17, 15) is 8.42 Å². The van der Waals surface area contributed by atoms with Gasteiger partial charge in [0.15, 0.2) is 0 Å².